The molecule has 1 nitrogen and oxygen atoms in total. The van der Waals surface area contributed by atoms with Crippen LogP contribution in [0.25, 0.3) is 18.9 Å². The maximum Gasteiger partial charge on any atom is 0.0418 e. The van der Waals surface area contributed by atoms with E-state index in [9.17, 15) is 0 Å². The highest BCUT2D eigenvalue weighted by Gasteiger charge is 1.96. The minimum Gasteiger partial charge on any atom is -0.312 e. The number of rotatable bonds is 4. The molecule has 0 saturated heterocycles. The Morgan fingerprint density at radius 3 is 2.24 bits per heavy atom. The average molecular weight is 227 g/mol. The van der Waals surface area contributed by atoms with Gasteiger partial charge in [-0.3, -0.25) is 0 Å². The van der Waals surface area contributed by atoms with Crippen LogP contribution >= 0.6 is 0 Å². The summed E-state index contributed by atoms with van der Waals surface area (Å²) in [6.45, 7) is 14.3. The van der Waals surface area contributed by atoms with E-state index in [-0.39, 0.29) is 0 Å². The minimum atomic E-state index is 0.576. The van der Waals surface area contributed by atoms with Crippen molar-refractivity contribution in [2.24, 2.45) is 5.92 Å². The summed E-state index contributed by atoms with van der Waals surface area (Å²) in [6, 6.07) is 3.95. The molecule has 0 atom stereocenters. The molecule has 0 bridgehead atoms. The molecule has 0 amide bonds. The van der Waals surface area contributed by atoms with Gasteiger partial charge < -0.3 is 4.57 Å². The van der Waals surface area contributed by atoms with Crippen molar-refractivity contribution in [3.8, 4) is 0 Å². The van der Waals surface area contributed by atoms with Crippen LogP contribution < -0.4 is 10.7 Å². The molecule has 0 radical (unpaired) electrons. The van der Waals surface area contributed by atoms with Gasteiger partial charge in [-0.05, 0) is 31.1 Å². The van der Waals surface area contributed by atoms with Gasteiger partial charge in [0, 0.05) is 16.4 Å². The van der Waals surface area contributed by atoms with Gasteiger partial charge >= 0.3 is 0 Å². The van der Waals surface area contributed by atoms with E-state index in [1.54, 1.807) is 0 Å². The fourth-order valence-corrected chi connectivity index (χ4v) is 1.60. The summed E-state index contributed by atoms with van der Waals surface area (Å²) in [5, 5.41) is 1.92. The summed E-state index contributed by atoms with van der Waals surface area (Å²) in [7, 11) is 0. The fraction of sp³-hybridized carbons (Fsp3) is 0.250. The second-order valence-corrected chi connectivity index (χ2v) is 4.35. The van der Waals surface area contributed by atoms with Crippen LogP contribution in [-0.2, 0) is 0 Å². The van der Waals surface area contributed by atoms with Crippen molar-refractivity contribution in [1.29, 1.82) is 0 Å². The zero-order valence-electron chi connectivity index (χ0n) is 11.0. The van der Waals surface area contributed by atoms with Gasteiger partial charge in [-0.25, -0.2) is 0 Å². The lowest BCUT2D eigenvalue weighted by Crippen LogP contribution is -2.23. The molecule has 0 aromatic carbocycles. The molecule has 1 rings (SSSR count). The predicted octanol–water partition coefficient (Wildman–Crippen LogP) is 2.94. The normalized spacial score (nSPS) is 13.3. The molecule has 0 unspecified atom stereocenters. The van der Waals surface area contributed by atoms with Crippen LogP contribution in [0.15, 0.2) is 42.5 Å². The van der Waals surface area contributed by atoms with Gasteiger partial charge in [0.25, 0.3) is 0 Å². The summed E-state index contributed by atoms with van der Waals surface area (Å²) in [6.07, 6.45) is 10.4. The molecular formula is C16H21N. The van der Waals surface area contributed by atoms with Crippen molar-refractivity contribution in [3.63, 3.8) is 0 Å². The van der Waals surface area contributed by atoms with E-state index in [1.165, 1.54) is 0 Å². The maximum absolute atomic E-state index is 4.00. The van der Waals surface area contributed by atoms with E-state index < -0.39 is 0 Å². The smallest absolute Gasteiger partial charge is 0.0418 e. The van der Waals surface area contributed by atoms with Gasteiger partial charge in [0.2, 0.25) is 0 Å². The van der Waals surface area contributed by atoms with Gasteiger partial charge in [0.15, 0.2) is 0 Å². The molecule has 0 aliphatic heterocycles. The molecule has 90 valence electrons. The summed E-state index contributed by atoms with van der Waals surface area (Å²) in [4.78, 5) is 0. The molecule has 0 aliphatic rings. The van der Waals surface area contributed by atoms with Crippen LogP contribution in [0.3, 0.4) is 0 Å². The molecule has 0 N–H and O–H groups in total. The quantitative estimate of drug-likeness (QED) is 0.697. The second kappa shape index (κ2) is 6.09. The maximum atomic E-state index is 4.00. The first-order valence-corrected chi connectivity index (χ1v) is 5.93. The number of nitrogens with zero attached hydrogens (tertiary/aromatic N) is 1. The third-order valence-corrected chi connectivity index (χ3v) is 2.47. The van der Waals surface area contributed by atoms with E-state index in [0.29, 0.717) is 5.92 Å². The van der Waals surface area contributed by atoms with Crippen LogP contribution in [0.2, 0.25) is 0 Å². The van der Waals surface area contributed by atoms with E-state index in [0.717, 1.165) is 16.4 Å². The van der Waals surface area contributed by atoms with E-state index >= 15 is 0 Å². The van der Waals surface area contributed by atoms with Gasteiger partial charge in [-0.2, -0.15) is 0 Å². The predicted molar refractivity (Wildman–Crippen MR) is 77.8 cm³/mol. The standard InChI is InChI=1S/C16H21N/c1-6-16(10-8-7-9-13(2)3)17-14(4)11-12-15(17)5/h6-13H,4-5H2,1-3H3/b9-7+,10-8-,16-6+. The fourth-order valence-electron chi connectivity index (χ4n) is 1.60. The first-order chi connectivity index (χ1) is 8.06. The Balaban J connectivity index is 2.96. The van der Waals surface area contributed by atoms with Crippen LogP contribution in [-0.4, -0.2) is 4.57 Å². The summed E-state index contributed by atoms with van der Waals surface area (Å²) in [5.41, 5.74) is 1.10. The zero-order valence-corrected chi connectivity index (χ0v) is 11.0. The highest BCUT2D eigenvalue weighted by Crippen LogP contribution is 2.01. The SMILES string of the molecule is C=c1ccc(=C)n1C(/C=C\C=C\C(C)C)=C/C. The molecule has 1 heteroatoms. The highest BCUT2D eigenvalue weighted by atomic mass is 15.0. The number of hydrogen-bond donors (Lipinski definition) is 0. The molecule has 1 aromatic heterocycles. The largest absolute Gasteiger partial charge is 0.312 e. The zero-order chi connectivity index (χ0) is 12.8. The Morgan fingerprint density at radius 2 is 1.76 bits per heavy atom. The summed E-state index contributed by atoms with van der Waals surface area (Å²) in [5.74, 6) is 0.576. The third-order valence-electron chi connectivity index (χ3n) is 2.47. The van der Waals surface area contributed by atoms with E-state index in [4.69, 9.17) is 0 Å². The number of aromatic nitrogens is 1. The lowest BCUT2D eigenvalue weighted by molar-refractivity contribution is 0.832. The number of hydrogen-bond acceptors (Lipinski definition) is 0. The van der Waals surface area contributed by atoms with Gasteiger partial charge in [0.1, 0.15) is 0 Å². The molecule has 0 aliphatic carbocycles. The Kier molecular flexibility index (Phi) is 4.77. The molecular weight excluding hydrogens is 206 g/mol. The Bertz CT molecular complexity index is 511. The van der Waals surface area contributed by atoms with Crippen molar-refractivity contribution in [3.05, 3.63) is 53.2 Å². The van der Waals surface area contributed by atoms with Gasteiger partial charge in [-0.1, -0.05) is 51.3 Å². The molecule has 0 spiro atoms. The first-order valence-electron chi connectivity index (χ1n) is 5.93. The van der Waals surface area contributed by atoms with Crippen molar-refractivity contribution in [1.82, 2.24) is 4.57 Å². The molecule has 1 heterocycles. The topological polar surface area (TPSA) is 4.93 Å². The van der Waals surface area contributed by atoms with Crippen LogP contribution in [0, 0.1) is 5.92 Å². The van der Waals surface area contributed by atoms with Crippen molar-refractivity contribution >= 4 is 18.9 Å². The van der Waals surface area contributed by atoms with Gasteiger partial charge in [0.05, 0.1) is 0 Å². The molecule has 1 aromatic rings. The summed E-state index contributed by atoms with van der Waals surface area (Å²) < 4.78 is 2.04. The Labute approximate surface area is 104 Å². The second-order valence-electron chi connectivity index (χ2n) is 4.35. The lowest BCUT2D eigenvalue weighted by atomic mass is 10.2. The summed E-state index contributed by atoms with van der Waals surface area (Å²) >= 11 is 0. The van der Waals surface area contributed by atoms with Crippen LogP contribution in [0.4, 0.5) is 0 Å². The third kappa shape index (κ3) is 3.63. The van der Waals surface area contributed by atoms with Crippen molar-refractivity contribution in [2.75, 3.05) is 0 Å². The monoisotopic (exact) mass is 227 g/mol. The van der Waals surface area contributed by atoms with Crippen molar-refractivity contribution < 1.29 is 0 Å². The highest BCUT2D eigenvalue weighted by molar-refractivity contribution is 5.58. The first kappa shape index (κ1) is 13.3. The van der Waals surface area contributed by atoms with Crippen LogP contribution in [0.1, 0.15) is 20.8 Å². The molecule has 0 saturated carbocycles. The van der Waals surface area contributed by atoms with Gasteiger partial charge in [-0.15, -0.1) is 0 Å². The molecule has 0 fully saturated rings. The van der Waals surface area contributed by atoms with Crippen LogP contribution in [0.5, 0.6) is 0 Å². The molecule has 17 heavy (non-hydrogen) atoms. The minimum absolute atomic E-state index is 0.576. The Morgan fingerprint density at radius 1 is 1.18 bits per heavy atom. The lowest BCUT2D eigenvalue weighted by Gasteiger charge is -2.04. The number of allylic oxidation sites excluding steroid dienone is 6. The van der Waals surface area contributed by atoms with E-state index in [1.807, 2.05) is 29.7 Å². The Hall–Kier alpha value is -1.76. The van der Waals surface area contributed by atoms with E-state index in [2.05, 4.69) is 51.3 Å². The average Bonchev–Trinajstić information content (AvgIpc) is 2.60. The van der Waals surface area contributed by atoms with Crippen molar-refractivity contribution in [2.45, 2.75) is 20.8 Å².